The Bertz CT molecular complexity index is 730. The van der Waals surface area contributed by atoms with Crippen molar-refractivity contribution in [1.29, 1.82) is 0 Å². The zero-order valence-corrected chi connectivity index (χ0v) is 13.2. The zero-order valence-electron chi connectivity index (χ0n) is 13.2. The third-order valence-corrected chi connectivity index (χ3v) is 3.88. The lowest BCUT2D eigenvalue weighted by atomic mass is 9.95. The molecule has 0 heterocycles. The molecule has 2 aromatic rings. The Morgan fingerprint density at radius 1 is 1.09 bits per heavy atom. The Labute approximate surface area is 130 Å². The van der Waals surface area contributed by atoms with Crippen molar-refractivity contribution in [2.45, 2.75) is 33.1 Å². The lowest BCUT2D eigenvalue weighted by molar-refractivity contribution is 0.0174. The quantitative estimate of drug-likeness (QED) is 0.623. The number of rotatable bonds is 4. The van der Waals surface area contributed by atoms with E-state index in [9.17, 15) is 8.78 Å². The standard InChI is InChI=1S/C20H20F2/c1-5-17(12-16-10-9-14(2)15(3)11-16)18-7-6-8-19(13-18)20(4,21)22/h6-11,13H,1,12H2,2-4H3. The first-order valence-corrected chi connectivity index (χ1v) is 7.25. The van der Waals surface area contributed by atoms with Gasteiger partial charge in [0.2, 0.25) is 0 Å². The van der Waals surface area contributed by atoms with Crippen LogP contribution < -0.4 is 0 Å². The molecule has 0 N–H and O–H groups in total. The number of alkyl halides is 2. The Hall–Kier alpha value is -2.18. The first-order chi connectivity index (χ1) is 10.3. The van der Waals surface area contributed by atoms with Gasteiger partial charge in [0.1, 0.15) is 0 Å². The summed E-state index contributed by atoms with van der Waals surface area (Å²) in [6.07, 6.45) is 0.628. The van der Waals surface area contributed by atoms with E-state index in [1.807, 2.05) is 6.07 Å². The molecule has 0 amide bonds. The molecule has 0 nitrogen and oxygen atoms in total. The van der Waals surface area contributed by atoms with Gasteiger partial charge in [-0.25, -0.2) is 8.78 Å². The molecular formula is C20H20F2. The highest BCUT2D eigenvalue weighted by atomic mass is 19.3. The summed E-state index contributed by atoms with van der Waals surface area (Å²) in [4.78, 5) is 0. The molecule has 2 aromatic carbocycles. The number of aryl methyl sites for hydroxylation is 2. The number of allylic oxidation sites excluding steroid dienone is 1. The summed E-state index contributed by atoms with van der Waals surface area (Å²) in [6, 6.07) is 12.7. The van der Waals surface area contributed by atoms with Gasteiger partial charge in [0.15, 0.2) is 0 Å². The summed E-state index contributed by atoms with van der Waals surface area (Å²) in [5.74, 6) is -2.84. The summed E-state index contributed by atoms with van der Waals surface area (Å²) in [5.41, 5.74) is 8.07. The van der Waals surface area contributed by atoms with E-state index >= 15 is 0 Å². The maximum atomic E-state index is 13.5. The van der Waals surface area contributed by atoms with Gasteiger partial charge in [0.25, 0.3) is 5.92 Å². The third kappa shape index (κ3) is 3.72. The van der Waals surface area contributed by atoms with Gasteiger partial charge in [-0.3, -0.25) is 0 Å². The summed E-state index contributed by atoms with van der Waals surface area (Å²) in [7, 11) is 0. The average Bonchev–Trinajstić information content (AvgIpc) is 2.47. The van der Waals surface area contributed by atoms with Gasteiger partial charge in [-0.05, 0) is 42.2 Å². The lowest BCUT2D eigenvalue weighted by Gasteiger charge is -2.13. The fourth-order valence-electron chi connectivity index (χ4n) is 2.36. The van der Waals surface area contributed by atoms with E-state index in [0.29, 0.717) is 6.42 Å². The van der Waals surface area contributed by atoms with E-state index in [-0.39, 0.29) is 5.56 Å². The Balaban J connectivity index is 2.33. The minimum Gasteiger partial charge on any atom is -0.202 e. The van der Waals surface area contributed by atoms with Crippen LogP contribution in [0.15, 0.2) is 54.8 Å². The van der Waals surface area contributed by atoms with E-state index in [2.05, 4.69) is 44.4 Å². The molecule has 0 radical (unpaired) electrons. The Morgan fingerprint density at radius 2 is 1.82 bits per heavy atom. The lowest BCUT2D eigenvalue weighted by Crippen LogP contribution is -2.07. The van der Waals surface area contributed by atoms with Gasteiger partial charge in [0.05, 0.1) is 0 Å². The molecule has 0 aromatic heterocycles. The molecule has 22 heavy (non-hydrogen) atoms. The summed E-state index contributed by atoms with van der Waals surface area (Å²) in [6.45, 7) is 8.75. The van der Waals surface area contributed by atoms with Gasteiger partial charge < -0.3 is 0 Å². The molecule has 0 saturated heterocycles. The van der Waals surface area contributed by atoms with Gasteiger partial charge in [0, 0.05) is 24.5 Å². The Kier molecular flexibility index (Phi) is 4.63. The highest BCUT2D eigenvalue weighted by Gasteiger charge is 2.24. The minimum atomic E-state index is -2.84. The van der Waals surface area contributed by atoms with Crippen LogP contribution in [-0.4, -0.2) is 0 Å². The number of benzene rings is 2. The number of halogens is 2. The fraction of sp³-hybridized carbons (Fsp3) is 0.250. The predicted octanol–water partition coefficient (Wildman–Crippen LogP) is 5.83. The molecule has 0 fully saturated rings. The highest BCUT2D eigenvalue weighted by molar-refractivity contribution is 5.67. The van der Waals surface area contributed by atoms with Crippen LogP contribution in [0.1, 0.15) is 34.7 Å². The van der Waals surface area contributed by atoms with Gasteiger partial charge in [-0.15, -0.1) is 5.73 Å². The summed E-state index contributed by atoms with van der Waals surface area (Å²) in [5, 5.41) is 0. The summed E-state index contributed by atoms with van der Waals surface area (Å²) < 4.78 is 27.0. The molecular weight excluding hydrogens is 278 g/mol. The van der Waals surface area contributed by atoms with E-state index in [4.69, 9.17) is 0 Å². The molecule has 0 saturated carbocycles. The van der Waals surface area contributed by atoms with Gasteiger partial charge in [-0.2, -0.15) is 0 Å². The molecule has 2 heteroatoms. The molecule has 0 aliphatic heterocycles. The number of hydrogen-bond donors (Lipinski definition) is 0. The fourth-order valence-corrected chi connectivity index (χ4v) is 2.36. The molecule has 0 spiro atoms. The Morgan fingerprint density at radius 3 is 2.41 bits per heavy atom. The monoisotopic (exact) mass is 298 g/mol. The van der Waals surface area contributed by atoms with Crippen molar-refractivity contribution in [3.05, 3.63) is 82.6 Å². The van der Waals surface area contributed by atoms with Crippen molar-refractivity contribution >= 4 is 5.57 Å². The maximum absolute atomic E-state index is 13.5. The molecule has 114 valence electrons. The van der Waals surface area contributed by atoms with Crippen molar-refractivity contribution in [3.63, 3.8) is 0 Å². The van der Waals surface area contributed by atoms with Crippen LogP contribution in [0.3, 0.4) is 0 Å². The SMILES string of the molecule is C=C=C(Cc1ccc(C)c(C)c1)c1cccc(C(C)(F)F)c1. The molecule has 0 aliphatic carbocycles. The van der Waals surface area contributed by atoms with Crippen LogP contribution in [0.4, 0.5) is 8.78 Å². The van der Waals surface area contributed by atoms with Crippen LogP contribution in [0, 0.1) is 13.8 Å². The molecule has 0 aliphatic rings. The van der Waals surface area contributed by atoms with Crippen molar-refractivity contribution in [1.82, 2.24) is 0 Å². The highest BCUT2D eigenvalue weighted by Crippen LogP contribution is 2.29. The first-order valence-electron chi connectivity index (χ1n) is 7.25. The van der Waals surface area contributed by atoms with Crippen LogP contribution >= 0.6 is 0 Å². The van der Waals surface area contributed by atoms with E-state index < -0.39 is 5.92 Å². The van der Waals surface area contributed by atoms with Crippen molar-refractivity contribution in [2.24, 2.45) is 0 Å². The second-order valence-corrected chi connectivity index (χ2v) is 5.72. The van der Waals surface area contributed by atoms with E-state index in [0.717, 1.165) is 23.6 Å². The van der Waals surface area contributed by atoms with Crippen molar-refractivity contribution in [2.75, 3.05) is 0 Å². The largest absolute Gasteiger partial charge is 0.270 e. The average molecular weight is 298 g/mol. The normalized spacial score (nSPS) is 11.1. The van der Waals surface area contributed by atoms with Gasteiger partial charge >= 0.3 is 0 Å². The van der Waals surface area contributed by atoms with Crippen LogP contribution in [-0.2, 0) is 12.3 Å². The molecule has 0 atom stereocenters. The van der Waals surface area contributed by atoms with Crippen LogP contribution in [0.2, 0.25) is 0 Å². The molecule has 2 rings (SSSR count). The van der Waals surface area contributed by atoms with Crippen molar-refractivity contribution < 1.29 is 8.78 Å². The van der Waals surface area contributed by atoms with Crippen LogP contribution in [0.25, 0.3) is 5.57 Å². The molecule has 0 bridgehead atoms. The van der Waals surface area contributed by atoms with E-state index in [1.165, 1.54) is 23.3 Å². The first kappa shape index (κ1) is 16.2. The maximum Gasteiger partial charge on any atom is 0.270 e. The smallest absolute Gasteiger partial charge is 0.202 e. The summed E-state index contributed by atoms with van der Waals surface area (Å²) >= 11 is 0. The van der Waals surface area contributed by atoms with Gasteiger partial charge in [-0.1, -0.05) is 43.0 Å². The van der Waals surface area contributed by atoms with Crippen molar-refractivity contribution in [3.8, 4) is 0 Å². The van der Waals surface area contributed by atoms with E-state index in [1.54, 1.807) is 6.07 Å². The molecule has 0 unspecified atom stereocenters. The number of hydrogen-bond acceptors (Lipinski definition) is 0. The minimum absolute atomic E-state index is 0.0119. The van der Waals surface area contributed by atoms with Crippen LogP contribution in [0.5, 0.6) is 0 Å². The second-order valence-electron chi connectivity index (χ2n) is 5.72. The second kappa shape index (κ2) is 6.29. The predicted molar refractivity (Wildman–Crippen MR) is 88.2 cm³/mol. The zero-order chi connectivity index (χ0) is 16.3. The third-order valence-electron chi connectivity index (χ3n) is 3.88. The topological polar surface area (TPSA) is 0 Å².